The van der Waals surface area contributed by atoms with Crippen LogP contribution in [0.5, 0.6) is 0 Å². The predicted octanol–water partition coefficient (Wildman–Crippen LogP) is 2.41. The van der Waals surface area contributed by atoms with E-state index >= 15 is 0 Å². The first-order chi connectivity index (χ1) is 12.1. The van der Waals surface area contributed by atoms with Crippen molar-refractivity contribution >= 4 is 5.65 Å². The lowest BCUT2D eigenvalue weighted by Gasteiger charge is -2.32. The SMILES string of the molecule is Cc1c[nH]c(CN2CCC[C@H](c3nnc4ccccn34)C2)c(C)c1=O. The molecule has 1 saturated heterocycles. The number of hydrogen-bond donors (Lipinski definition) is 1. The van der Waals surface area contributed by atoms with Gasteiger partial charge in [-0.1, -0.05) is 6.07 Å². The van der Waals surface area contributed by atoms with E-state index in [0.717, 1.165) is 60.8 Å². The third-order valence-electron chi connectivity index (χ3n) is 5.21. The quantitative estimate of drug-likeness (QED) is 0.797. The summed E-state index contributed by atoms with van der Waals surface area (Å²) < 4.78 is 2.09. The van der Waals surface area contributed by atoms with Crippen molar-refractivity contribution in [1.29, 1.82) is 0 Å². The van der Waals surface area contributed by atoms with Crippen molar-refractivity contribution in [1.82, 2.24) is 24.5 Å². The van der Waals surface area contributed by atoms with Gasteiger partial charge in [0.05, 0.1) is 0 Å². The maximum absolute atomic E-state index is 12.2. The van der Waals surface area contributed by atoms with Crippen molar-refractivity contribution in [3.8, 4) is 0 Å². The highest BCUT2D eigenvalue weighted by Crippen LogP contribution is 2.27. The van der Waals surface area contributed by atoms with Gasteiger partial charge in [-0.3, -0.25) is 14.1 Å². The minimum Gasteiger partial charge on any atom is -0.363 e. The van der Waals surface area contributed by atoms with Gasteiger partial charge < -0.3 is 4.98 Å². The Hall–Kier alpha value is -2.47. The molecule has 0 radical (unpaired) electrons. The summed E-state index contributed by atoms with van der Waals surface area (Å²) in [6.07, 6.45) is 6.10. The zero-order valence-corrected chi connectivity index (χ0v) is 14.7. The molecule has 130 valence electrons. The van der Waals surface area contributed by atoms with E-state index in [1.165, 1.54) is 0 Å². The van der Waals surface area contributed by atoms with Crippen molar-refractivity contribution in [3.05, 3.63) is 63.5 Å². The number of rotatable bonds is 3. The van der Waals surface area contributed by atoms with Crippen molar-refractivity contribution in [2.75, 3.05) is 13.1 Å². The van der Waals surface area contributed by atoms with Crippen molar-refractivity contribution in [3.63, 3.8) is 0 Å². The first kappa shape index (κ1) is 16.0. The third-order valence-corrected chi connectivity index (χ3v) is 5.21. The Morgan fingerprint density at radius 2 is 2.16 bits per heavy atom. The highest BCUT2D eigenvalue weighted by Gasteiger charge is 2.25. The Morgan fingerprint density at radius 1 is 1.28 bits per heavy atom. The lowest BCUT2D eigenvalue weighted by atomic mass is 9.96. The van der Waals surface area contributed by atoms with Crippen LogP contribution in [-0.4, -0.2) is 37.6 Å². The molecule has 1 fully saturated rings. The second kappa shape index (κ2) is 6.44. The molecule has 4 heterocycles. The van der Waals surface area contributed by atoms with E-state index in [9.17, 15) is 4.79 Å². The number of nitrogens with zero attached hydrogens (tertiary/aromatic N) is 4. The first-order valence-electron chi connectivity index (χ1n) is 8.83. The van der Waals surface area contributed by atoms with Crippen LogP contribution < -0.4 is 5.43 Å². The number of fused-ring (bicyclic) bond motifs is 1. The lowest BCUT2D eigenvalue weighted by Crippen LogP contribution is -2.35. The third kappa shape index (κ3) is 2.98. The molecule has 3 aromatic rings. The van der Waals surface area contributed by atoms with E-state index in [1.807, 2.05) is 44.4 Å². The number of aryl methyl sites for hydroxylation is 1. The summed E-state index contributed by atoms with van der Waals surface area (Å²) in [4.78, 5) is 17.9. The summed E-state index contributed by atoms with van der Waals surface area (Å²) in [5, 5.41) is 8.72. The molecule has 1 aliphatic heterocycles. The number of aromatic amines is 1. The molecule has 6 nitrogen and oxygen atoms in total. The van der Waals surface area contributed by atoms with Crippen molar-refractivity contribution in [2.24, 2.45) is 0 Å². The van der Waals surface area contributed by atoms with E-state index in [2.05, 4.69) is 24.5 Å². The Labute approximate surface area is 146 Å². The maximum atomic E-state index is 12.2. The molecule has 6 heteroatoms. The zero-order valence-electron chi connectivity index (χ0n) is 14.7. The molecule has 0 aromatic carbocycles. The summed E-state index contributed by atoms with van der Waals surface area (Å²) in [6, 6.07) is 5.98. The fourth-order valence-corrected chi connectivity index (χ4v) is 3.74. The highest BCUT2D eigenvalue weighted by molar-refractivity contribution is 5.37. The van der Waals surface area contributed by atoms with Crippen LogP contribution >= 0.6 is 0 Å². The summed E-state index contributed by atoms with van der Waals surface area (Å²) in [6.45, 7) is 6.51. The fourth-order valence-electron chi connectivity index (χ4n) is 3.74. The van der Waals surface area contributed by atoms with Gasteiger partial charge in [0.2, 0.25) is 0 Å². The minimum absolute atomic E-state index is 0.144. The Morgan fingerprint density at radius 3 is 3.04 bits per heavy atom. The van der Waals surface area contributed by atoms with Gasteiger partial charge >= 0.3 is 0 Å². The second-order valence-corrected chi connectivity index (χ2v) is 6.97. The fraction of sp³-hybridized carbons (Fsp3) is 0.421. The number of hydrogen-bond acceptors (Lipinski definition) is 4. The van der Waals surface area contributed by atoms with Crippen LogP contribution in [0.2, 0.25) is 0 Å². The van der Waals surface area contributed by atoms with Crippen LogP contribution in [0.4, 0.5) is 0 Å². The van der Waals surface area contributed by atoms with E-state index in [-0.39, 0.29) is 5.43 Å². The lowest BCUT2D eigenvalue weighted by molar-refractivity contribution is 0.193. The van der Waals surface area contributed by atoms with Gasteiger partial charge in [0.1, 0.15) is 5.82 Å². The van der Waals surface area contributed by atoms with Gasteiger partial charge in [-0.2, -0.15) is 0 Å². The largest absolute Gasteiger partial charge is 0.363 e. The van der Waals surface area contributed by atoms with Crippen LogP contribution in [0.25, 0.3) is 5.65 Å². The van der Waals surface area contributed by atoms with Gasteiger partial charge in [0, 0.05) is 48.2 Å². The second-order valence-electron chi connectivity index (χ2n) is 6.97. The summed E-state index contributed by atoms with van der Waals surface area (Å²) in [7, 11) is 0. The van der Waals surface area contributed by atoms with Crippen LogP contribution in [0.15, 0.2) is 35.4 Å². The highest BCUT2D eigenvalue weighted by atomic mass is 16.1. The molecule has 0 aliphatic carbocycles. The van der Waals surface area contributed by atoms with Gasteiger partial charge in [-0.05, 0) is 45.4 Å². The van der Waals surface area contributed by atoms with Crippen LogP contribution in [0, 0.1) is 13.8 Å². The number of piperidine rings is 1. The number of aromatic nitrogens is 4. The first-order valence-corrected chi connectivity index (χ1v) is 8.83. The number of H-pyrrole nitrogens is 1. The number of pyridine rings is 2. The molecule has 25 heavy (non-hydrogen) atoms. The Balaban J connectivity index is 1.55. The maximum Gasteiger partial charge on any atom is 0.187 e. The van der Waals surface area contributed by atoms with Crippen molar-refractivity contribution in [2.45, 2.75) is 39.2 Å². The molecule has 4 rings (SSSR count). The molecular formula is C19H23N5O. The van der Waals surface area contributed by atoms with E-state index in [4.69, 9.17) is 0 Å². The standard InChI is InChI=1S/C19H23N5O/c1-13-10-20-16(14(2)18(13)25)12-23-8-5-6-15(11-23)19-22-21-17-7-3-4-9-24(17)19/h3-4,7,9-10,15H,5-6,8,11-12H2,1-2H3,(H,20,25)/t15-/m0/s1. The van der Waals surface area contributed by atoms with Gasteiger partial charge in [0.15, 0.2) is 11.1 Å². The molecular weight excluding hydrogens is 314 g/mol. The monoisotopic (exact) mass is 337 g/mol. The summed E-state index contributed by atoms with van der Waals surface area (Å²) >= 11 is 0. The molecule has 3 aromatic heterocycles. The van der Waals surface area contributed by atoms with Crippen LogP contribution in [-0.2, 0) is 6.54 Å². The average molecular weight is 337 g/mol. The predicted molar refractivity (Wildman–Crippen MR) is 96.8 cm³/mol. The molecule has 0 bridgehead atoms. The normalized spacial score (nSPS) is 18.7. The van der Waals surface area contributed by atoms with E-state index in [1.54, 1.807) is 0 Å². The van der Waals surface area contributed by atoms with Gasteiger partial charge in [-0.15, -0.1) is 10.2 Å². The van der Waals surface area contributed by atoms with Crippen LogP contribution in [0.1, 0.15) is 41.4 Å². The van der Waals surface area contributed by atoms with Crippen molar-refractivity contribution < 1.29 is 0 Å². The molecule has 1 atom stereocenters. The van der Waals surface area contributed by atoms with E-state index < -0.39 is 0 Å². The minimum atomic E-state index is 0.144. The zero-order chi connectivity index (χ0) is 17.4. The Kier molecular flexibility index (Phi) is 4.13. The van der Waals surface area contributed by atoms with Gasteiger partial charge in [0.25, 0.3) is 0 Å². The molecule has 0 amide bonds. The number of likely N-dealkylation sites (tertiary alicyclic amines) is 1. The van der Waals surface area contributed by atoms with E-state index in [0.29, 0.717) is 5.92 Å². The number of nitrogens with one attached hydrogen (secondary N) is 1. The Bertz CT molecular complexity index is 958. The summed E-state index contributed by atoms with van der Waals surface area (Å²) in [5.41, 5.74) is 3.66. The molecule has 1 aliphatic rings. The topological polar surface area (TPSA) is 66.3 Å². The smallest absolute Gasteiger partial charge is 0.187 e. The molecule has 0 saturated carbocycles. The summed E-state index contributed by atoms with van der Waals surface area (Å²) in [5.74, 6) is 1.40. The molecule has 0 spiro atoms. The molecule has 1 N–H and O–H groups in total. The van der Waals surface area contributed by atoms with Crippen LogP contribution in [0.3, 0.4) is 0 Å². The van der Waals surface area contributed by atoms with Gasteiger partial charge in [-0.25, -0.2) is 0 Å². The average Bonchev–Trinajstić information content (AvgIpc) is 3.07. The molecule has 0 unspecified atom stereocenters.